The van der Waals surface area contributed by atoms with E-state index in [1.54, 1.807) is 63.4 Å². The average molecular weight is 604 g/mol. The lowest BCUT2D eigenvalue weighted by Gasteiger charge is -2.21. The van der Waals surface area contributed by atoms with Crippen molar-refractivity contribution in [1.82, 2.24) is 15.2 Å². The minimum Gasteiger partial charge on any atom is -0.444 e. The predicted octanol–water partition coefficient (Wildman–Crippen LogP) is 6.34. The molecular formula is C33H45N7O4. The Bertz CT molecular complexity index is 1380. The largest absolute Gasteiger partial charge is 0.444 e. The first-order valence-electron chi connectivity index (χ1n) is 14.7. The van der Waals surface area contributed by atoms with Gasteiger partial charge in [-0.15, -0.1) is 0 Å². The van der Waals surface area contributed by atoms with Crippen LogP contribution >= 0.6 is 0 Å². The maximum absolute atomic E-state index is 13.1. The second kappa shape index (κ2) is 15.7. The van der Waals surface area contributed by atoms with Crippen LogP contribution in [0.25, 0.3) is 0 Å². The molecule has 1 atom stereocenters. The van der Waals surface area contributed by atoms with E-state index in [4.69, 9.17) is 4.74 Å². The van der Waals surface area contributed by atoms with Crippen LogP contribution in [0.2, 0.25) is 0 Å². The number of rotatable bonds is 12. The summed E-state index contributed by atoms with van der Waals surface area (Å²) in [7, 11) is 7.98. The maximum atomic E-state index is 13.1. The number of nitrogens with one attached hydrogen (secondary N) is 4. The molecule has 236 valence electrons. The first kappa shape index (κ1) is 33.9. The molecule has 11 nitrogen and oxygen atoms in total. The minimum absolute atomic E-state index is 0.192. The molecule has 0 aliphatic carbocycles. The van der Waals surface area contributed by atoms with Gasteiger partial charge in [-0.3, -0.25) is 15.1 Å². The molecule has 1 unspecified atom stereocenters. The molecular weight excluding hydrogens is 558 g/mol. The minimum atomic E-state index is -0.661. The van der Waals surface area contributed by atoms with Gasteiger partial charge in [0.2, 0.25) is 0 Å². The standard InChI is InChI=1S/C33H45N7O4/c1-33(2,3)44-32(43)38-28-14-9-8-13-27(28)36-30(41)29-20-15-23(22-34-29)26(12-10-11-21-39(4)5)37-31(42)35-24-16-18-25(19-17-24)40(6)7/h8-9,13-20,22,26H,10-12,21H2,1-7H3,(H,36,41)(H,38,43)(H2,35,37,42). The molecule has 3 rings (SSSR count). The zero-order valence-electron chi connectivity index (χ0n) is 26.7. The van der Waals surface area contributed by atoms with Gasteiger partial charge >= 0.3 is 12.1 Å². The van der Waals surface area contributed by atoms with Crippen molar-refractivity contribution in [3.05, 3.63) is 78.1 Å². The van der Waals surface area contributed by atoms with Crippen LogP contribution in [0.4, 0.5) is 32.3 Å². The Balaban J connectivity index is 1.69. The number of ether oxygens (including phenoxy) is 1. The summed E-state index contributed by atoms with van der Waals surface area (Å²) < 4.78 is 5.33. The SMILES string of the molecule is CN(C)CCCCC(NC(=O)Nc1ccc(N(C)C)cc1)c1ccc(C(=O)Nc2ccccc2NC(=O)OC(C)(C)C)nc1. The second-order valence-electron chi connectivity index (χ2n) is 12.0. The third-order valence-electron chi connectivity index (χ3n) is 6.53. The van der Waals surface area contributed by atoms with Crippen LogP contribution in [-0.2, 0) is 4.74 Å². The molecule has 1 aromatic heterocycles. The zero-order valence-corrected chi connectivity index (χ0v) is 26.7. The molecule has 4 amide bonds. The summed E-state index contributed by atoms with van der Waals surface area (Å²) in [6, 6.07) is 17.2. The summed E-state index contributed by atoms with van der Waals surface area (Å²) in [5.41, 5.74) is 2.85. The number of para-hydroxylation sites is 2. The van der Waals surface area contributed by atoms with E-state index in [2.05, 4.69) is 31.2 Å². The van der Waals surface area contributed by atoms with E-state index in [0.717, 1.165) is 30.6 Å². The number of hydrogen-bond acceptors (Lipinski definition) is 7. The number of carbonyl (C=O) groups is 3. The van der Waals surface area contributed by atoms with Gasteiger partial charge < -0.3 is 30.5 Å². The van der Waals surface area contributed by atoms with Crippen molar-refractivity contribution in [2.45, 2.75) is 51.7 Å². The average Bonchev–Trinajstić information content (AvgIpc) is 2.95. The Hall–Kier alpha value is -4.64. The summed E-state index contributed by atoms with van der Waals surface area (Å²) in [6.07, 6.45) is 3.56. The Morgan fingerprint density at radius 2 is 1.50 bits per heavy atom. The van der Waals surface area contributed by atoms with Crippen molar-refractivity contribution in [3.63, 3.8) is 0 Å². The van der Waals surface area contributed by atoms with E-state index < -0.39 is 17.6 Å². The monoisotopic (exact) mass is 603 g/mol. The van der Waals surface area contributed by atoms with E-state index >= 15 is 0 Å². The van der Waals surface area contributed by atoms with Crippen LogP contribution in [0.1, 0.15) is 62.1 Å². The fourth-order valence-electron chi connectivity index (χ4n) is 4.31. The van der Waals surface area contributed by atoms with Crippen molar-refractivity contribution in [1.29, 1.82) is 0 Å². The smallest absolute Gasteiger partial charge is 0.412 e. The van der Waals surface area contributed by atoms with Crippen LogP contribution in [0.5, 0.6) is 0 Å². The molecule has 11 heteroatoms. The molecule has 3 aromatic rings. The third kappa shape index (κ3) is 11.2. The number of anilines is 4. The fraction of sp³-hybridized carbons (Fsp3) is 0.394. The predicted molar refractivity (Wildman–Crippen MR) is 177 cm³/mol. The highest BCUT2D eigenvalue weighted by Gasteiger charge is 2.19. The normalized spacial score (nSPS) is 11.8. The number of urea groups is 1. The van der Waals surface area contributed by atoms with Crippen LogP contribution in [-0.4, -0.2) is 68.3 Å². The molecule has 4 N–H and O–H groups in total. The first-order chi connectivity index (χ1) is 20.8. The summed E-state index contributed by atoms with van der Waals surface area (Å²) in [5.74, 6) is -0.440. The Morgan fingerprint density at radius 1 is 0.841 bits per heavy atom. The van der Waals surface area contributed by atoms with Crippen LogP contribution in [0, 0.1) is 0 Å². The van der Waals surface area contributed by atoms with Crippen molar-refractivity contribution in [2.75, 3.05) is 55.6 Å². The number of nitrogens with zero attached hydrogens (tertiary/aromatic N) is 3. The van der Waals surface area contributed by atoms with Gasteiger partial charge in [0.05, 0.1) is 17.4 Å². The van der Waals surface area contributed by atoms with Crippen LogP contribution < -0.4 is 26.2 Å². The van der Waals surface area contributed by atoms with Gasteiger partial charge in [0, 0.05) is 31.7 Å². The first-order valence-corrected chi connectivity index (χ1v) is 14.7. The number of carbonyl (C=O) groups excluding carboxylic acids is 3. The van der Waals surface area contributed by atoms with E-state index in [-0.39, 0.29) is 17.8 Å². The van der Waals surface area contributed by atoms with Gasteiger partial charge in [-0.2, -0.15) is 0 Å². The molecule has 1 heterocycles. The van der Waals surface area contributed by atoms with Crippen LogP contribution in [0.3, 0.4) is 0 Å². The Labute approximate surface area is 260 Å². The molecule has 0 saturated heterocycles. The lowest BCUT2D eigenvalue weighted by molar-refractivity contribution is 0.0635. The van der Waals surface area contributed by atoms with E-state index in [1.807, 2.05) is 57.4 Å². The van der Waals surface area contributed by atoms with Gasteiger partial charge in [-0.1, -0.05) is 18.2 Å². The van der Waals surface area contributed by atoms with Gasteiger partial charge in [0.1, 0.15) is 11.3 Å². The molecule has 0 aliphatic rings. The van der Waals surface area contributed by atoms with Gasteiger partial charge in [-0.25, -0.2) is 9.59 Å². The molecule has 0 saturated carbocycles. The summed E-state index contributed by atoms with van der Waals surface area (Å²) in [5, 5.41) is 11.5. The number of unbranched alkanes of at least 4 members (excludes halogenated alkanes) is 1. The zero-order chi connectivity index (χ0) is 32.3. The van der Waals surface area contributed by atoms with E-state index in [0.29, 0.717) is 23.5 Å². The van der Waals surface area contributed by atoms with Crippen molar-refractivity contribution in [2.24, 2.45) is 0 Å². The summed E-state index contributed by atoms with van der Waals surface area (Å²) in [4.78, 5) is 46.8. The van der Waals surface area contributed by atoms with Gasteiger partial charge in [0.25, 0.3) is 5.91 Å². The number of hydrogen-bond donors (Lipinski definition) is 4. The molecule has 0 radical (unpaired) electrons. The maximum Gasteiger partial charge on any atom is 0.412 e. The van der Waals surface area contributed by atoms with Crippen LogP contribution in [0.15, 0.2) is 66.9 Å². The van der Waals surface area contributed by atoms with Crippen molar-refractivity contribution >= 4 is 40.8 Å². The Kier molecular flexibility index (Phi) is 12.1. The molecule has 2 aromatic carbocycles. The van der Waals surface area contributed by atoms with E-state index in [9.17, 15) is 14.4 Å². The van der Waals surface area contributed by atoms with Crippen molar-refractivity contribution in [3.8, 4) is 0 Å². The summed E-state index contributed by atoms with van der Waals surface area (Å²) in [6.45, 7) is 6.26. The number of amides is 4. The fourth-order valence-corrected chi connectivity index (χ4v) is 4.31. The highest BCUT2D eigenvalue weighted by Crippen LogP contribution is 2.24. The molecule has 44 heavy (non-hydrogen) atoms. The topological polar surface area (TPSA) is 128 Å². The Morgan fingerprint density at radius 3 is 2.07 bits per heavy atom. The highest BCUT2D eigenvalue weighted by molar-refractivity contribution is 6.05. The third-order valence-corrected chi connectivity index (χ3v) is 6.53. The number of pyridine rings is 1. The highest BCUT2D eigenvalue weighted by atomic mass is 16.6. The number of benzene rings is 2. The summed E-state index contributed by atoms with van der Waals surface area (Å²) >= 11 is 0. The van der Waals surface area contributed by atoms with Gasteiger partial charge in [0.15, 0.2) is 0 Å². The molecule has 0 spiro atoms. The second-order valence-corrected chi connectivity index (χ2v) is 12.0. The lowest BCUT2D eigenvalue weighted by Crippen LogP contribution is -2.33. The lowest BCUT2D eigenvalue weighted by atomic mass is 10.0. The van der Waals surface area contributed by atoms with Gasteiger partial charge in [-0.05, 0) is 109 Å². The van der Waals surface area contributed by atoms with E-state index in [1.165, 1.54) is 0 Å². The molecule has 0 fully saturated rings. The quantitative estimate of drug-likeness (QED) is 0.178. The number of aromatic nitrogens is 1. The molecule has 0 bridgehead atoms. The molecule has 0 aliphatic heterocycles. The van der Waals surface area contributed by atoms with Crippen molar-refractivity contribution < 1.29 is 19.1 Å².